The number of hydrogen-bond acceptors (Lipinski definition) is 3. The molecule has 1 saturated heterocycles. The lowest BCUT2D eigenvalue weighted by Gasteiger charge is -2.37. The molecule has 0 amide bonds. The first-order valence-corrected chi connectivity index (χ1v) is 7.83. The molecule has 1 unspecified atom stereocenters. The summed E-state index contributed by atoms with van der Waals surface area (Å²) in [5.41, 5.74) is 6.74. The van der Waals surface area contributed by atoms with Crippen molar-refractivity contribution in [2.45, 2.75) is 31.1 Å². The molecule has 0 aliphatic carbocycles. The molecule has 1 aliphatic rings. The topological polar surface area (TPSA) is 29.3 Å². The van der Waals surface area contributed by atoms with Gasteiger partial charge in [0, 0.05) is 41.7 Å². The number of nitrogens with two attached hydrogens (primary N) is 1. The van der Waals surface area contributed by atoms with Gasteiger partial charge in [-0.25, -0.2) is 4.39 Å². The molecule has 1 heterocycles. The normalized spacial score (nSPS) is 21.3. The fourth-order valence-corrected chi connectivity index (χ4v) is 3.73. The maximum Gasteiger partial charge on any atom is 0.127 e. The number of benzene rings is 1. The first-order valence-electron chi connectivity index (χ1n) is 6.84. The Kier molecular flexibility index (Phi) is 4.87. The van der Waals surface area contributed by atoms with Gasteiger partial charge in [-0.3, -0.25) is 0 Å². The Bertz CT molecular complexity index is 422. The molecule has 0 saturated carbocycles. The minimum Gasteiger partial charge on any atom is -0.324 e. The van der Waals surface area contributed by atoms with E-state index in [1.165, 1.54) is 11.8 Å². The molecule has 2 nitrogen and oxygen atoms in total. The van der Waals surface area contributed by atoms with E-state index in [0.717, 1.165) is 26.1 Å². The van der Waals surface area contributed by atoms with Crippen molar-refractivity contribution in [3.8, 4) is 0 Å². The molecule has 1 atom stereocenters. The van der Waals surface area contributed by atoms with E-state index in [-0.39, 0.29) is 11.9 Å². The van der Waals surface area contributed by atoms with Crippen LogP contribution in [0.3, 0.4) is 0 Å². The summed E-state index contributed by atoms with van der Waals surface area (Å²) in [6, 6.07) is 6.61. The average Bonchev–Trinajstić information content (AvgIpc) is 2.35. The van der Waals surface area contributed by atoms with Crippen LogP contribution in [-0.2, 0) is 0 Å². The summed E-state index contributed by atoms with van der Waals surface area (Å²) >= 11 is 2.02. The zero-order valence-electron chi connectivity index (χ0n) is 11.7. The fraction of sp³-hybridized carbons (Fsp3) is 0.600. The SMILES string of the molecule is CC1(C)CN(CCC(N)c2ccccc2F)CCS1. The molecule has 1 aromatic carbocycles. The highest BCUT2D eigenvalue weighted by Crippen LogP contribution is 2.30. The minimum absolute atomic E-state index is 0.190. The summed E-state index contributed by atoms with van der Waals surface area (Å²) in [4.78, 5) is 2.44. The second-order valence-electron chi connectivity index (χ2n) is 5.80. The zero-order chi connectivity index (χ0) is 13.9. The average molecular weight is 282 g/mol. The van der Waals surface area contributed by atoms with Crippen molar-refractivity contribution >= 4 is 11.8 Å². The van der Waals surface area contributed by atoms with Crippen molar-refractivity contribution < 1.29 is 4.39 Å². The van der Waals surface area contributed by atoms with Gasteiger partial charge in [0.15, 0.2) is 0 Å². The third-order valence-electron chi connectivity index (χ3n) is 3.57. The molecule has 2 rings (SSSR count). The van der Waals surface area contributed by atoms with Gasteiger partial charge in [-0.1, -0.05) is 18.2 Å². The minimum atomic E-state index is -0.209. The van der Waals surface area contributed by atoms with Crippen molar-refractivity contribution in [2.75, 3.05) is 25.4 Å². The van der Waals surface area contributed by atoms with E-state index in [0.29, 0.717) is 10.3 Å². The molecule has 0 radical (unpaired) electrons. The van der Waals surface area contributed by atoms with E-state index in [1.54, 1.807) is 12.1 Å². The van der Waals surface area contributed by atoms with Crippen LogP contribution >= 0.6 is 11.8 Å². The van der Waals surface area contributed by atoms with Crippen LogP contribution < -0.4 is 5.73 Å². The maximum atomic E-state index is 13.6. The van der Waals surface area contributed by atoms with Crippen molar-refractivity contribution in [3.63, 3.8) is 0 Å². The number of hydrogen-bond donors (Lipinski definition) is 1. The lowest BCUT2D eigenvalue weighted by molar-refractivity contribution is 0.250. The Morgan fingerprint density at radius 1 is 1.42 bits per heavy atom. The predicted molar refractivity (Wildman–Crippen MR) is 80.9 cm³/mol. The summed E-state index contributed by atoms with van der Waals surface area (Å²) < 4.78 is 14.0. The van der Waals surface area contributed by atoms with Gasteiger partial charge >= 0.3 is 0 Å². The van der Waals surface area contributed by atoms with Gasteiger partial charge in [0.2, 0.25) is 0 Å². The largest absolute Gasteiger partial charge is 0.324 e. The molecule has 1 aliphatic heterocycles. The van der Waals surface area contributed by atoms with Crippen LogP contribution in [0.5, 0.6) is 0 Å². The maximum absolute atomic E-state index is 13.6. The van der Waals surface area contributed by atoms with Crippen molar-refractivity contribution in [1.29, 1.82) is 0 Å². The van der Waals surface area contributed by atoms with E-state index in [2.05, 4.69) is 18.7 Å². The molecule has 1 aromatic rings. The number of rotatable bonds is 4. The van der Waals surface area contributed by atoms with Crippen molar-refractivity contribution in [3.05, 3.63) is 35.6 Å². The first-order chi connectivity index (χ1) is 8.98. The van der Waals surface area contributed by atoms with Crippen LogP contribution in [0.1, 0.15) is 31.9 Å². The number of halogens is 1. The molecule has 4 heteroatoms. The van der Waals surface area contributed by atoms with E-state index >= 15 is 0 Å². The first kappa shape index (κ1) is 14.8. The highest BCUT2D eigenvalue weighted by Gasteiger charge is 2.27. The van der Waals surface area contributed by atoms with Crippen molar-refractivity contribution in [2.24, 2.45) is 5.73 Å². The van der Waals surface area contributed by atoms with Gasteiger partial charge < -0.3 is 10.6 Å². The molecule has 0 spiro atoms. The highest BCUT2D eigenvalue weighted by molar-refractivity contribution is 8.00. The number of thioether (sulfide) groups is 1. The molecule has 2 N–H and O–H groups in total. The van der Waals surface area contributed by atoms with Crippen LogP contribution in [-0.4, -0.2) is 35.0 Å². The second-order valence-corrected chi connectivity index (χ2v) is 7.60. The molecular formula is C15H23FN2S. The van der Waals surface area contributed by atoms with E-state index in [9.17, 15) is 4.39 Å². The Morgan fingerprint density at radius 2 is 2.16 bits per heavy atom. The van der Waals surface area contributed by atoms with Gasteiger partial charge in [-0.2, -0.15) is 11.8 Å². The summed E-state index contributed by atoms with van der Waals surface area (Å²) in [5, 5.41) is 0. The molecule has 0 bridgehead atoms. The molecular weight excluding hydrogens is 259 g/mol. The quantitative estimate of drug-likeness (QED) is 0.920. The van der Waals surface area contributed by atoms with Crippen LogP contribution in [0, 0.1) is 5.82 Å². The Balaban J connectivity index is 1.87. The van der Waals surface area contributed by atoms with E-state index in [1.807, 2.05) is 17.8 Å². The smallest absolute Gasteiger partial charge is 0.127 e. The van der Waals surface area contributed by atoms with Crippen LogP contribution in [0.4, 0.5) is 4.39 Å². The highest BCUT2D eigenvalue weighted by atomic mass is 32.2. The van der Waals surface area contributed by atoms with Crippen LogP contribution in [0.2, 0.25) is 0 Å². The third kappa shape index (κ3) is 4.20. The van der Waals surface area contributed by atoms with E-state index in [4.69, 9.17) is 5.73 Å². The van der Waals surface area contributed by atoms with Gasteiger partial charge in [0.25, 0.3) is 0 Å². The van der Waals surface area contributed by atoms with Crippen LogP contribution in [0.25, 0.3) is 0 Å². The summed E-state index contributed by atoms with van der Waals surface area (Å²) in [6.07, 6.45) is 0.807. The zero-order valence-corrected chi connectivity index (χ0v) is 12.5. The Labute approximate surface area is 119 Å². The van der Waals surface area contributed by atoms with Gasteiger partial charge in [0.05, 0.1) is 0 Å². The Hall–Kier alpha value is -0.580. The Morgan fingerprint density at radius 3 is 2.84 bits per heavy atom. The summed E-state index contributed by atoms with van der Waals surface area (Å²) in [6.45, 7) is 7.69. The number of nitrogens with zero attached hydrogens (tertiary/aromatic N) is 1. The molecule has 1 fully saturated rings. The molecule has 0 aromatic heterocycles. The standard InChI is InChI=1S/C15H23FN2S/c1-15(2)11-18(9-10-19-15)8-7-14(17)12-5-3-4-6-13(12)16/h3-6,14H,7-11,17H2,1-2H3. The van der Waals surface area contributed by atoms with Gasteiger partial charge in [0.1, 0.15) is 5.82 Å². The molecule has 106 valence electrons. The summed E-state index contributed by atoms with van der Waals surface area (Å²) in [5.74, 6) is 0.978. The monoisotopic (exact) mass is 282 g/mol. The van der Waals surface area contributed by atoms with Crippen molar-refractivity contribution in [1.82, 2.24) is 4.90 Å². The summed E-state index contributed by atoms with van der Waals surface area (Å²) in [7, 11) is 0. The molecule has 19 heavy (non-hydrogen) atoms. The second kappa shape index (κ2) is 6.25. The lowest BCUT2D eigenvalue weighted by atomic mass is 10.0. The van der Waals surface area contributed by atoms with Gasteiger partial charge in [-0.05, 0) is 26.3 Å². The fourth-order valence-electron chi connectivity index (χ4n) is 2.56. The van der Waals surface area contributed by atoms with Crippen LogP contribution in [0.15, 0.2) is 24.3 Å². The van der Waals surface area contributed by atoms with E-state index < -0.39 is 0 Å². The lowest BCUT2D eigenvalue weighted by Crippen LogP contribution is -2.43. The van der Waals surface area contributed by atoms with Gasteiger partial charge in [-0.15, -0.1) is 0 Å². The third-order valence-corrected chi connectivity index (χ3v) is 4.86. The predicted octanol–water partition coefficient (Wildman–Crippen LogP) is 3.04.